The third-order valence-electron chi connectivity index (χ3n) is 3.54. The summed E-state index contributed by atoms with van der Waals surface area (Å²) in [5.74, 6) is -0.154. The molecule has 0 saturated carbocycles. The van der Waals surface area contributed by atoms with Crippen LogP contribution >= 0.6 is 0 Å². The molecular weight excluding hydrogens is 250 g/mol. The molecule has 0 aliphatic carbocycles. The van der Waals surface area contributed by atoms with E-state index >= 15 is 0 Å². The van der Waals surface area contributed by atoms with E-state index < -0.39 is 6.67 Å². The van der Waals surface area contributed by atoms with E-state index in [2.05, 4.69) is 10.2 Å². The Morgan fingerprint density at radius 1 is 1.37 bits per heavy atom. The summed E-state index contributed by atoms with van der Waals surface area (Å²) in [6, 6.07) is 4.72. The summed E-state index contributed by atoms with van der Waals surface area (Å²) in [6.07, 6.45) is 0.361. The third kappa shape index (κ3) is 3.22. The first kappa shape index (κ1) is 14.2. The summed E-state index contributed by atoms with van der Waals surface area (Å²) < 4.78 is 31.8. The molecule has 19 heavy (non-hydrogen) atoms. The Bertz CT molecular complexity index is 408. The normalized spacial score (nSPS) is 18.3. The number of nitrogens with one attached hydrogen (secondary N) is 1. The van der Waals surface area contributed by atoms with Gasteiger partial charge in [-0.1, -0.05) is 12.1 Å². The van der Waals surface area contributed by atoms with Crippen molar-refractivity contribution in [2.45, 2.75) is 12.5 Å². The van der Waals surface area contributed by atoms with Crippen molar-refractivity contribution in [2.24, 2.45) is 0 Å². The summed E-state index contributed by atoms with van der Waals surface area (Å²) in [7, 11) is 1.45. The zero-order chi connectivity index (χ0) is 13.7. The summed E-state index contributed by atoms with van der Waals surface area (Å²) >= 11 is 0. The molecule has 1 fully saturated rings. The summed E-state index contributed by atoms with van der Waals surface area (Å²) in [5.41, 5.74) is 0.738. The lowest BCUT2D eigenvalue weighted by molar-refractivity contribution is 0.154. The average molecular weight is 270 g/mol. The van der Waals surface area contributed by atoms with E-state index in [-0.39, 0.29) is 17.6 Å². The second kappa shape index (κ2) is 6.82. The monoisotopic (exact) mass is 270 g/mol. The molecule has 0 spiro atoms. The molecule has 0 bridgehead atoms. The largest absolute Gasteiger partial charge is 0.493 e. The Kier molecular flexibility index (Phi) is 5.10. The summed E-state index contributed by atoms with van der Waals surface area (Å²) in [4.78, 5) is 2.19. The molecule has 1 atom stereocenters. The number of para-hydroxylation sites is 1. The highest BCUT2D eigenvalue weighted by Crippen LogP contribution is 2.33. The van der Waals surface area contributed by atoms with E-state index in [0.29, 0.717) is 6.42 Å². The fourth-order valence-corrected chi connectivity index (χ4v) is 2.64. The van der Waals surface area contributed by atoms with Crippen molar-refractivity contribution in [2.75, 3.05) is 40.0 Å². The highest BCUT2D eigenvalue weighted by Gasteiger charge is 2.25. The maximum absolute atomic E-state index is 13.8. The van der Waals surface area contributed by atoms with Gasteiger partial charge in [-0.05, 0) is 12.5 Å². The van der Waals surface area contributed by atoms with Gasteiger partial charge in [0.25, 0.3) is 0 Å². The van der Waals surface area contributed by atoms with Crippen LogP contribution in [0.5, 0.6) is 5.75 Å². The first-order chi connectivity index (χ1) is 9.27. The number of methoxy groups -OCH3 is 1. The Morgan fingerprint density at radius 2 is 2.11 bits per heavy atom. The Balaban J connectivity index is 2.29. The fourth-order valence-electron chi connectivity index (χ4n) is 2.64. The topological polar surface area (TPSA) is 24.5 Å². The number of hydrogen-bond acceptors (Lipinski definition) is 3. The molecule has 1 saturated heterocycles. The number of piperazine rings is 1. The first-order valence-corrected chi connectivity index (χ1v) is 6.61. The highest BCUT2D eigenvalue weighted by atomic mass is 19.1. The van der Waals surface area contributed by atoms with Gasteiger partial charge in [0.05, 0.1) is 13.8 Å². The van der Waals surface area contributed by atoms with Crippen molar-refractivity contribution in [3.63, 3.8) is 0 Å². The molecule has 1 aliphatic rings. The van der Waals surface area contributed by atoms with Gasteiger partial charge in [0, 0.05) is 37.8 Å². The van der Waals surface area contributed by atoms with Crippen LogP contribution in [0.3, 0.4) is 0 Å². The lowest BCUT2D eigenvalue weighted by Crippen LogP contribution is -2.45. The number of benzene rings is 1. The zero-order valence-electron chi connectivity index (χ0n) is 11.2. The van der Waals surface area contributed by atoms with Crippen LogP contribution in [0.25, 0.3) is 0 Å². The van der Waals surface area contributed by atoms with Crippen molar-refractivity contribution >= 4 is 0 Å². The van der Waals surface area contributed by atoms with Gasteiger partial charge in [0.2, 0.25) is 0 Å². The van der Waals surface area contributed by atoms with E-state index in [1.807, 2.05) is 6.07 Å². The van der Waals surface area contributed by atoms with E-state index in [4.69, 9.17) is 4.74 Å². The lowest BCUT2D eigenvalue weighted by atomic mass is 10.00. The molecule has 0 unspecified atom stereocenters. The van der Waals surface area contributed by atoms with Gasteiger partial charge >= 0.3 is 0 Å². The van der Waals surface area contributed by atoms with Crippen molar-refractivity contribution in [3.8, 4) is 5.75 Å². The molecule has 106 valence electrons. The predicted molar refractivity (Wildman–Crippen MR) is 70.7 cm³/mol. The van der Waals surface area contributed by atoms with Crippen LogP contribution in [0.1, 0.15) is 18.0 Å². The zero-order valence-corrected chi connectivity index (χ0v) is 11.2. The molecule has 3 nitrogen and oxygen atoms in total. The second-order valence-electron chi connectivity index (χ2n) is 4.64. The van der Waals surface area contributed by atoms with Crippen LogP contribution in [-0.2, 0) is 0 Å². The van der Waals surface area contributed by atoms with Crippen LogP contribution in [0, 0.1) is 5.82 Å². The quantitative estimate of drug-likeness (QED) is 0.887. The minimum atomic E-state index is -0.422. The molecule has 0 amide bonds. The lowest BCUT2D eigenvalue weighted by Gasteiger charge is -2.35. The number of hydrogen-bond donors (Lipinski definition) is 1. The molecule has 1 aromatic carbocycles. The summed E-state index contributed by atoms with van der Waals surface area (Å²) in [5, 5.41) is 3.26. The number of alkyl halides is 1. The minimum absolute atomic E-state index is 0.127. The van der Waals surface area contributed by atoms with Gasteiger partial charge in [0.1, 0.15) is 0 Å². The van der Waals surface area contributed by atoms with Gasteiger partial charge in [0.15, 0.2) is 11.6 Å². The van der Waals surface area contributed by atoms with Crippen LogP contribution in [0.2, 0.25) is 0 Å². The van der Waals surface area contributed by atoms with E-state index in [0.717, 1.165) is 31.7 Å². The molecule has 1 aromatic rings. The van der Waals surface area contributed by atoms with Crippen molar-refractivity contribution < 1.29 is 13.5 Å². The number of ether oxygens (including phenoxy) is 1. The van der Waals surface area contributed by atoms with Crippen LogP contribution in [0.15, 0.2) is 18.2 Å². The molecule has 1 heterocycles. The Labute approximate surface area is 112 Å². The predicted octanol–water partition coefficient (Wildman–Crippen LogP) is 2.14. The van der Waals surface area contributed by atoms with Crippen molar-refractivity contribution in [3.05, 3.63) is 29.6 Å². The maximum Gasteiger partial charge on any atom is 0.165 e. The van der Waals surface area contributed by atoms with Gasteiger partial charge in [-0.2, -0.15) is 0 Å². The van der Waals surface area contributed by atoms with Crippen LogP contribution < -0.4 is 10.1 Å². The minimum Gasteiger partial charge on any atom is -0.493 e. The molecule has 5 heteroatoms. The Hall–Kier alpha value is -1.20. The highest BCUT2D eigenvalue weighted by molar-refractivity contribution is 5.37. The van der Waals surface area contributed by atoms with Crippen molar-refractivity contribution in [1.29, 1.82) is 0 Å². The Morgan fingerprint density at radius 3 is 2.74 bits per heavy atom. The SMILES string of the molecule is COc1c(F)cccc1[C@@H](CCF)N1CCNCC1. The molecule has 2 rings (SSSR count). The number of nitrogens with zero attached hydrogens (tertiary/aromatic N) is 1. The maximum atomic E-state index is 13.8. The number of rotatable bonds is 5. The third-order valence-corrected chi connectivity index (χ3v) is 3.54. The standard InChI is InChI=1S/C14H20F2N2O/c1-19-14-11(3-2-4-12(14)16)13(5-6-15)18-9-7-17-8-10-18/h2-4,13,17H,5-10H2,1H3/t13-/m1/s1. The van der Waals surface area contributed by atoms with Gasteiger partial charge < -0.3 is 10.1 Å². The first-order valence-electron chi connectivity index (χ1n) is 6.61. The molecule has 0 aromatic heterocycles. The van der Waals surface area contributed by atoms with Crippen LogP contribution in [0.4, 0.5) is 8.78 Å². The fraction of sp³-hybridized carbons (Fsp3) is 0.571. The second-order valence-corrected chi connectivity index (χ2v) is 4.64. The smallest absolute Gasteiger partial charge is 0.165 e. The average Bonchev–Trinajstić information content (AvgIpc) is 2.45. The van der Waals surface area contributed by atoms with E-state index in [1.54, 1.807) is 6.07 Å². The van der Waals surface area contributed by atoms with E-state index in [9.17, 15) is 8.78 Å². The molecule has 1 N–H and O–H groups in total. The van der Waals surface area contributed by atoms with E-state index in [1.165, 1.54) is 13.2 Å². The molecular formula is C14H20F2N2O. The number of halogens is 2. The summed E-state index contributed by atoms with van der Waals surface area (Å²) in [6.45, 7) is 3.00. The van der Waals surface area contributed by atoms with Gasteiger partial charge in [-0.25, -0.2) is 4.39 Å². The van der Waals surface area contributed by atoms with Crippen LogP contribution in [-0.4, -0.2) is 44.9 Å². The van der Waals surface area contributed by atoms with Crippen molar-refractivity contribution in [1.82, 2.24) is 10.2 Å². The molecule has 1 aliphatic heterocycles. The van der Waals surface area contributed by atoms with Gasteiger partial charge in [-0.3, -0.25) is 9.29 Å². The van der Waals surface area contributed by atoms with Gasteiger partial charge in [-0.15, -0.1) is 0 Å². The molecule has 0 radical (unpaired) electrons.